The summed E-state index contributed by atoms with van der Waals surface area (Å²) in [6.45, 7) is 1.96. The van der Waals surface area contributed by atoms with Gasteiger partial charge >= 0.3 is 0 Å². The van der Waals surface area contributed by atoms with E-state index in [0.717, 1.165) is 44.4 Å². The third-order valence-electron chi connectivity index (χ3n) is 6.74. The Kier molecular flexibility index (Phi) is 7.57. The minimum Gasteiger partial charge on any atom is -0.395 e. The maximum atomic E-state index is 12.6. The van der Waals surface area contributed by atoms with Crippen LogP contribution < -0.4 is 16.0 Å². The van der Waals surface area contributed by atoms with Crippen LogP contribution in [-0.2, 0) is 0 Å². The molecule has 0 radical (unpaired) electrons. The highest BCUT2D eigenvalue weighted by atomic mass is 16.5. The highest BCUT2D eigenvalue weighted by Gasteiger charge is 2.29. The molecule has 1 amide bonds. The molecule has 4 rings (SSSR count). The smallest absolute Gasteiger partial charge is 0.273 e. The van der Waals surface area contributed by atoms with Crippen LogP contribution in [0, 0.1) is 5.92 Å². The van der Waals surface area contributed by atoms with E-state index in [1.807, 2.05) is 0 Å². The largest absolute Gasteiger partial charge is 0.395 e. The molecule has 30 heavy (non-hydrogen) atoms. The zero-order valence-electron chi connectivity index (χ0n) is 17.8. The molecule has 3 aliphatic rings. The number of amides is 1. The number of nitrogens with zero attached hydrogens (tertiary/aromatic N) is 1. The van der Waals surface area contributed by atoms with Gasteiger partial charge in [-0.1, -0.05) is 17.3 Å². The van der Waals surface area contributed by atoms with Crippen molar-refractivity contribution in [2.75, 3.05) is 19.7 Å². The van der Waals surface area contributed by atoms with Crippen molar-refractivity contribution < 1.29 is 14.4 Å². The third-order valence-corrected chi connectivity index (χ3v) is 6.74. The van der Waals surface area contributed by atoms with Crippen molar-refractivity contribution in [3.8, 4) is 0 Å². The fraction of sp³-hybridized carbons (Fsp3) is 0.739. The zero-order chi connectivity index (χ0) is 20.8. The van der Waals surface area contributed by atoms with Crippen LogP contribution >= 0.6 is 0 Å². The van der Waals surface area contributed by atoms with Crippen molar-refractivity contribution in [1.29, 1.82) is 0 Å². The quantitative estimate of drug-likeness (QED) is 0.462. The molecule has 1 aromatic rings. The highest BCUT2D eigenvalue weighted by Crippen LogP contribution is 2.40. The third kappa shape index (κ3) is 6.15. The molecule has 7 heteroatoms. The van der Waals surface area contributed by atoms with Crippen LogP contribution in [0.4, 0.5) is 0 Å². The summed E-state index contributed by atoms with van der Waals surface area (Å²) in [5, 5.41) is 23.3. The molecule has 4 N–H and O–H groups in total. The molecular formula is C23H36N4O3. The lowest BCUT2D eigenvalue weighted by Gasteiger charge is -2.31. The van der Waals surface area contributed by atoms with Crippen LogP contribution in [0.25, 0.3) is 0 Å². The SMILES string of the molecule is O=C(N[C@H]1CC=CC[C@H](NCC2CCC(NCCO)CC2)C1)c1cc(C2CC2)on1. The minimum atomic E-state index is -0.126. The van der Waals surface area contributed by atoms with E-state index in [0.29, 0.717) is 36.2 Å². The summed E-state index contributed by atoms with van der Waals surface area (Å²) >= 11 is 0. The molecule has 3 aliphatic carbocycles. The van der Waals surface area contributed by atoms with Crippen molar-refractivity contribution in [3.05, 3.63) is 29.7 Å². The first-order valence-electron chi connectivity index (χ1n) is 11.7. The van der Waals surface area contributed by atoms with Gasteiger partial charge in [-0.05, 0) is 70.3 Å². The summed E-state index contributed by atoms with van der Waals surface area (Å²) < 4.78 is 5.33. The molecule has 2 saturated carbocycles. The van der Waals surface area contributed by atoms with Crippen molar-refractivity contribution in [2.24, 2.45) is 5.92 Å². The monoisotopic (exact) mass is 416 g/mol. The molecule has 0 bridgehead atoms. The highest BCUT2D eigenvalue weighted by molar-refractivity contribution is 5.92. The molecule has 0 unspecified atom stereocenters. The van der Waals surface area contributed by atoms with E-state index in [1.165, 1.54) is 25.7 Å². The van der Waals surface area contributed by atoms with Gasteiger partial charge in [0.05, 0.1) is 6.61 Å². The summed E-state index contributed by atoms with van der Waals surface area (Å²) in [7, 11) is 0. The predicted molar refractivity (Wildman–Crippen MR) is 115 cm³/mol. The fourth-order valence-corrected chi connectivity index (χ4v) is 4.73. The summed E-state index contributed by atoms with van der Waals surface area (Å²) in [6, 6.07) is 2.87. The number of aliphatic hydroxyl groups is 1. The van der Waals surface area contributed by atoms with E-state index in [1.54, 1.807) is 6.07 Å². The van der Waals surface area contributed by atoms with Crippen LogP contribution in [0.2, 0.25) is 0 Å². The molecule has 2 fully saturated rings. The van der Waals surface area contributed by atoms with E-state index >= 15 is 0 Å². The van der Waals surface area contributed by atoms with Crippen LogP contribution in [0.1, 0.15) is 80.0 Å². The number of nitrogens with one attached hydrogen (secondary N) is 3. The molecule has 0 spiro atoms. The molecule has 0 saturated heterocycles. The van der Waals surface area contributed by atoms with Gasteiger partial charge in [-0.3, -0.25) is 4.79 Å². The number of aromatic nitrogens is 1. The van der Waals surface area contributed by atoms with Crippen LogP contribution in [0.3, 0.4) is 0 Å². The lowest BCUT2D eigenvalue weighted by Crippen LogP contribution is -2.42. The fourth-order valence-electron chi connectivity index (χ4n) is 4.73. The number of aliphatic hydroxyl groups excluding tert-OH is 1. The molecular weight excluding hydrogens is 380 g/mol. The normalized spacial score (nSPS) is 29.5. The Morgan fingerprint density at radius 2 is 1.80 bits per heavy atom. The molecule has 1 heterocycles. The second-order valence-electron chi connectivity index (χ2n) is 9.24. The molecule has 166 valence electrons. The van der Waals surface area contributed by atoms with Crippen molar-refractivity contribution >= 4 is 5.91 Å². The van der Waals surface area contributed by atoms with Gasteiger partial charge in [0.2, 0.25) is 0 Å². The average Bonchev–Trinajstić information content (AvgIpc) is 3.54. The lowest BCUT2D eigenvalue weighted by molar-refractivity contribution is 0.0924. The molecule has 7 nitrogen and oxygen atoms in total. The maximum Gasteiger partial charge on any atom is 0.273 e. The van der Waals surface area contributed by atoms with Gasteiger partial charge < -0.3 is 25.6 Å². The van der Waals surface area contributed by atoms with Crippen LogP contribution in [-0.4, -0.2) is 54.0 Å². The summed E-state index contributed by atoms with van der Waals surface area (Å²) in [4.78, 5) is 12.6. The van der Waals surface area contributed by atoms with Gasteiger partial charge in [-0.15, -0.1) is 0 Å². The van der Waals surface area contributed by atoms with Gasteiger partial charge in [-0.25, -0.2) is 0 Å². The van der Waals surface area contributed by atoms with Crippen molar-refractivity contribution in [2.45, 2.75) is 81.8 Å². The number of hydrogen-bond acceptors (Lipinski definition) is 6. The second kappa shape index (κ2) is 10.6. The topological polar surface area (TPSA) is 99.4 Å². The number of rotatable bonds is 9. The standard InChI is InChI=1S/C23H36N4O3/c28-12-11-24-18-9-5-16(6-10-18)15-25-19-3-1-2-4-20(13-19)26-23(29)21-14-22(30-27-21)17-7-8-17/h1-2,14,16-20,24-25,28H,3-13,15H2,(H,26,29)/t16?,18?,19-,20-/m0/s1. The van der Waals surface area contributed by atoms with Crippen LogP contribution in [0.5, 0.6) is 0 Å². The van der Waals surface area contributed by atoms with Crippen LogP contribution in [0.15, 0.2) is 22.7 Å². The first kappa shape index (κ1) is 21.5. The Labute approximate surface area is 179 Å². The van der Waals surface area contributed by atoms with Gasteiger partial charge in [0.15, 0.2) is 5.69 Å². The van der Waals surface area contributed by atoms with E-state index in [2.05, 4.69) is 33.3 Å². The summed E-state index contributed by atoms with van der Waals surface area (Å²) in [5.74, 6) is 1.91. The van der Waals surface area contributed by atoms with E-state index in [-0.39, 0.29) is 18.6 Å². The molecule has 2 atom stereocenters. The second-order valence-corrected chi connectivity index (χ2v) is 9.24. The summed E-state index contributed by atoms with van der Waals surface area (Å²) in [6.07, 6.45) is 14.3. The molecule has 0 aromatic carbocycles. The molecule has 1 aromatic heterocycles. The Bertz CT molecular complexity index is 707. The molecule has 0 aliphatic heterocycles. The summed E-state index contributed by atoms with van der Waals surface area (Å²) in [5.41, 5.74) is 0.404. The number of hydrogen-bond donors (Lipinski definition) is 4. The minimum absolute atomic E-state index is 0.119. The van der Waals surface area contributed by atoms with E-state index < -0.39 is 0 Å². The van der Waals surface area contributed by atoms with Gasteiger partial charge in [0.1, 0.15) is 5.76 Å². The predicted octanol–water partition coefficient (Wildman–Crippen LogP) is 2.49. The van der Waals surface area contributed by atoms with Crippen molar-refractivity contribution in [1.82, 2.24) is 21.1 Å². The van der Waals surface area contributed by atoms with Gasteiger partial charge in [-0.2, -0.15) is 0 Å². The number of carbonyl (C=O) groups is 1. The Balaban J connectivity index is 1.20. The van der Waals surface area contributed by atoms with Gasteiger partial charge in [0.25, 0.3) is 5.91 Å². The van der Waals surface area contributed by atoms with Crippen molar-refractivity contribution in [3.63, 3.8) is 0 Å². The Hall–Kier alpha value is -1.70. The maximum absolute atomic E-state index is 12.6. The number of carbonyl (C=O) groups excluding carboxylic acids is 1. The Morgan fingerprint density at radius 1 is 1.03 bits per heavy atom. The van der Waals surface area contributed by atoms with E-state index in [4.69, 9.17) is 9.63 Å². The Morgan fingerprint density at radius 3 is 2.53 bits per heavy atom. The van der Waals surface area contributed by atoms with Gasteiger partial charge in [0, 0.05) is 36.7 Å². The first-order valence-corrected chi connectivity index (χ1v) is 11.7. The van der Waals surface area contributed by atoms with E-state index in [9.17, 15) is 4.79 Å². The zero-order valence-corrected chi connectivity index (χ0v) is 17.8. The average molecular weight is 417 g/mol. The lowest BCUT2D eigenvalue weighted by atomic mass is 9.85. The first-order chi connectivity index (χ1) is 14.7.